The highest BCUT2D eigenvalue weighted by atomic mass is 19.1. The van der Waals surface area contributed by atoms with Gasteiger partial charge in [0, 0.05) is 17.8 Å². The lowest BCUT2D eigenvalue weighted by Crippen LogP contribution is -2.24. The number of aromatic nitrogens is 1. The summed E-state index contributed by atoms with van der Waals surface area (Å²) in [6, 6.07) is 8.52. The molecule has 3 nitrogen and oxygen atoms in total. The van der Waals surface area contributed by atoms with Crippen LogP contribution < -0.4 is 10.1 Å². The number of rotatable bonds is 5. The minimum atomic E-state index is -0.291. The number of aryl methyl sites for hydroxylation is 1. The normalized spacial score (nSPS) is 12.2. The molecule has 0 aliphatic carbocycles. The summed E-state index contributed by atoms with van der Waals surface area (Å²) < 4.78 is 19.3. The summed E-state index contributed by atoms with van der Waals surface area (Å²) >= 11 is 0. The molecule has 1 heterocycles. The second-order valence-corrected chi connectivity index (χ2v) is 4.58. The molecule has 0 aliphatic heterocycles. The van der Waals surface area contributed by atoms with Crippen LogP contribution in [0.4, 0.5) is 4.39 Å². The van der Waals surface area contributed by atoms with E-state index in [-0.39, 0.29) is 11.9 Å². The summed E-state index contributed by atoms with van der Waals surface area (Å²) in [5, 5.41) is 3.29. The van der Waals surface area contributed by atoms with Crippen molar-refractivity contribution in [1.82, 2.24) is 10.3 Å². The molecular formula is C16H19FN2O. The predicted molar refractivity (Wildman–Crippen MR) is 77.4 cm³/mol. The molecule has 0 radical (unpaired) electrons. The zero-order chi connectivity index (χ0) is 14.5. The Bertz CT molecular complexity index is 586. The maximum atomic E-state index is 14.3. The van der Waals surface area contributed by atoms with E-state index in [1.54, 1.807) is 18.3 Å². The molecule has 0 bridgehead atoms. The number of hydrogen-bond donors (Lipinski definition) is 1. The van der Waals surface area contributed by atoms with Gasteiger partial charge in [0.05, 0.1) is 18.8 Å². The zero-order valence-electron chi connectivity index (χ0n) is 12.0. The third-order valence-electron chi connectivity index (χ3n) is 3.25. The van der Waals surface area contributed by atoms with Crippen molar-refractivity contribution >= 4 is 0 Å². The highest BCUT2D eigenvalue weighted by molar-refractivity contribution is 5.36. The van der Waals surface area contributed by atoms with Gasteiger partial charge >= 0.3 is 0 Å². The van der Waals surface area contributed by atoms with Gasteiger partial charge < -0.3 is 10.1 Å². The van der Waals surface area contributed by atoms with Gasteiger partial charge in [-0.15, -0.1) is 0 Å². The number of benzene rings is 1. The topological polar surface area (TPSA) is 34.1 Å². The molecule has 20 heavy (non-hydrogen) atoms. The Morgan fingerprint density at radius 3 is 2.75 bits per heavy atom. The van der Waals surface area contributed by atoms with E-state index < -0.39 is 0 Å². The van der Waals surface area contributed by atoms with Crippen molar-refractivity contribution in [3.05, 3.63) is 59.2 Å². The maximum Gasteiger partial charge on any atom is 0.132 e. The van der Waals surface area contributed by atoms with Crippen LogP contribution in [0.1, 0.15) is 29.8 Å². The van der Waals surface area contributed by atoms with Crippen LogP contribution in [-0.4, -0.2) is 18.6 Å². The summed E-state index contributed by atoms with van der Waals surface area (Å²) in [4.78, 5) is 4.40. The molecule has 1 atom stereocenters. The SMILES string of the molecule is CCNC(c1ccc(OC)cc1F)c1ncccc1C. The number of nitrogens with zero attached hydrogens (tertiary/aromatic N) is 1. The van der Waals surface area contributed by atoms with E-state index in [4.69, 9.17) is 4.74 Å². The largest absolute Gasteiger partial charge is 0.497 e. The highest BCUT2D eigenvalue weighted by Crippen LogP contribution is 2.27. The van der Waals surface area contributed by atoms with E-state index in [1.807, 2.05) is 26.0 Å². The Morgan fingerprint density at radius 1 is 1.35 bits per heavy atom. The molecule has 0 aliphatic rings. The van der Waals surface area contributed by atoms with Crippen molar-refractivity contribution in [3.63, 3.8) is 0 Å². The first-order valence-electron chi connectivity index (χ1n) is 6.65. The molecular weight excluding hydrogens is 255 g/mol. The molecule has 0 saturated carbocycles. The summed E-state index contributed by atoms with van der Waals surface area (Å²) in [7, 11) is 1.53. The van der Waals surface area contributed by atoms with Gasteiger partial charge in [-0.25, -0.2) is 4.39 Å². The van der Waals surface area contributed by atoms with Crippen molar-refractivity contribution in [2.45, 2.75) is 19.9 Å². The molecule has 0 amide bonds. The summed E-state index contributed by atoms with van der Waals surface area (Å²) in [6.45, 7) is 4.70. The Balaban J connectivity index is 2.46. The number of hydrogen-bond acceptors (Lipinski definition) is 3. The first-order valence-corrected chi connectivity index (χ1v) is 6.65. The number of nitrogens with one attached hydrogen (secondary N) is 1. The zero-order valence-corrected chi connectivity index (χ0v) is 12.0. The van der Waals surface area contributed by atoms with Gasteiger partial charge in [-0.3, -0.25) is 4.98 Å². The maximum absolute atomic E-state index is 14.3. The molecule has 0 fully saturated rings. The lowest BCUT2D eigenvalue weighted by Gasteiger charge is -2.20. The highest BCUT2D eigenvalue weighted by Gasteiger charge is 2.20. The van der Waals surface area contributed by atoms with Gasteiger partial charge in [-0.2, -0.15) is 0 Å². The van der Waals surface area contributed by atoms with Crippen LogP contribution in [0.5, 0.6) is 5.75 Å². The first-order chi connectivity index (χ1) is 9.67. The van der Waals surface area contributed by atoms with Gasteiger partial charge in [0.2, 0.25) is 0 Å². The van der Waals surface area contributed by atoms with E-state index in [9.17, 15) is 4.39 Å². The predicted octanol–water partition coefficient (Wildman–Crippen LogP) is 3.24. The molecule has 1 aromatic heterocycles. The fraction of sp³-hybridized carbons (Fsp3) is 0.312. The van der Waals surface area contributed by atoms with Crippen molar-refractivity contribution in [2.75, 3.05) is 13.7 Å². The minimum Gasteiger partial charge on any atom is -0.497 e. The molecule has 1 N–H and O–H groups in total. The number of pyridine rings is 1. The molecule has 106 valence electrons. The first kappa shape index (κ1) is 14.5. The summed E-state index contributed by atoms with van der Waals surface area (Å²) in [5.41, 5.74) is 2.46. The lowest BCUT2D eigenvalue weighted by molar-refractivity contribution is 0.410. The van der Waals surface area contributed by atoms with E-state index >= 15 is 0 Å². The van der Waals surface area contributed by atoms with Crippen LogP contribution in [0.3, 0.4) is 0 Å². The van der Waals surface area contributed by atoms with Gasteiger partial charge in [0.15, 0.2) is 0 Å². The van der Waals surface area contributed by atoms with Gasteiger partial charge in [0.1, 0.15) is 11.6 Å². The van der Waals surface area contributed by atoms with Gasteiger partial charge in [-0.05, 0) is 31.2 Å². The lowest BCUT2D eigenvalue weighted by atomic mass is 9.99. The smallest absolute Gasteiger partial charge is 0.132 e. The second kappa shape index (κ2) is 6.48. The van der Waals surface area contributed by atoms with Crippen molar-refractivity contribution in [3.8, 4) is 5.75 Å². The molecule has 0 saturated heterocycles. The standard InChI is InChI=1S/C16H19FN2O/c1-4-18-16(15-11(2)6-5-9-19-15)13-8-7-12(20-3)10-14(13)17/h5-10,16,18H,4H2,1-3H3. The summed E-state index contributed by atoms with van der Waals surface area (Å²) in [6.07, 6.45) is 1.73. The molecule has 4 heteroatoms. The Labute approximate surface area is 118 Å². The Morgan fingerprint density at radius 2 is 2.15 bits per heavy atom. The van der Waals surface area contributed by atoms with Crippen LogP contribution in [0.25, 0.3) is 0 Å². The average Bonchev–Trinajstić information content (AvgIpc) is 2.46. The van der Waals surface area contributed by atoms with E-state index in [0.717, 1.165) is 17.8 Å². The minimum absolute atomic E-state index is 0.257. The van der Waals surface area contributed by atoms with E-state index in [2.05, 4.69) is 10.3 Å². The average molecular weight is 274 g/mol. The molecule has 0 spiro atoms. The van der Waals surface area contributed by atoms with Crippen molar-refractivity contribution in [1.29, 1.82) is 0 Å². The van der Waals surface area contributed by atoms with E-state index in [0.29, 0.717) is 11.3 Å². The third kappa shape index (κ3) is 2.96. The number of methoxy groups -OCH3 is 1. The quantitative estimate of drug-likeness (QED) is 0.909. The third-order valence-corrected chi connectivity index (χ3v) is 3.25. The van der Waals surface area contributed by atoms with Crippen molar-refractivity contribution < 1.29 is 9.13 Å². The van der Waals surface area contributed by atoms with E-state index in [1.165, 1.54) is 13.2 Å². The molecule has 2 rings (SSSR count). The van der Waals surface area contributed by atoms with Crippen LogP contribution in [0, 0.1) is 12.7 Å². The monoisotopic (exact) mass is 274 g/mol. The molecule has 2 aromatic rings. The van der Waals surface area contributed by atoms with Crippen LogP contribution in [-0.2, 0) is 0 Å². The fourth-order valence-corrected chi connectivity index (χ4v) is 2.23. The second-order valence-electron chi connectivity index (χ2n) is 4.58. The van der Waals surface area contributed by atoms with Crippen LogP contribution >= 0.6 is 0 Å². The Hall–Kier alpha value is -1.94. The van der Waals surface area contributed by atoms with Gasteiger partial charge in [0.25, 0.3) is 0 Å². The number of halogens is 1. The molecule has 1 unspecified atom stereocenters. The van der Waals surface area contributed by atoms with Crippen LogP contribution in [0.15, 0.2) is 36.5 Å². The fourth-order valence-electron chi connectivity index (χ4n) is 2.23. The summed E-state index contributed by atoms with van der Waals surface area (Å²) in [5.74, 6) is 0.222. The van der Waals surface area contributed by atoms with Crippen molar-refractivity contribution in [2.24, 2.45) is 0 Å². The van der Waals surface area contributed by atoms with Crippen LogP contribution in [0.2, 0.25) is 0 Å². The number of ether oxygens (including phenoxy) is 1. The molecule has 1 aromatic carbocycles. The van der Waals surface area contributed by atoms with Gasteiger partial charge in [-0.1, -0.05) is 19.1 Å². The Kier molecular flexibility index (Phi) is 4.69.